The van der Waals surface area contributed by atoms with Crippen LogP contribution in [0.15, 0.2) is 54.6 Å². The highest BCUT2D eigenvalue weighted by Crippen LogP contribution is 2.32. The molecular weight excluding hydrogens is 578 g/mol. The van der Waals surface area contributed by atoms with E-state index in [0.29, 0.717) is 37.3 Å². The summed E-state index contributed by atoms with van der Waals surface area (Å²) >= 11 is 0. The van der Waals surface area contributed by atoms with Gasteiger partial charge in [-0.1, -0.05) is 12.1 Å². The van der Waals surface area contributed by atoms with Gasteiger partial charge in [-0.25, -0.2) is 17.8 Å². The van der Waals surface area contributed by atoms with Crippen molar-refractivity contribution in [2.45, 2.75) is 25.6 Å². The molecule has 2 heterocycles. The number of pyridine rings is 1. The van der Waals surface area contributed by atoms with Crippen molar-refractivity contribution >= 4 is 33.1 Å². The van der Waals surface area contributed by atoms with Crippen molar-refractivity contribution in [3.8, 4) is 5.75 Å². The van der Waals surface area contributed by atoms with E-state index in [0.717, 1.165) is 29.8 Å². The van der Waals surface area contributed by atoms with E-state index in [1.54, 1.807) is 12.0 Å². The predicted molar refractivity (Wildman–Crippen MR) is 152 cm³/mol. The third-order valence-corrected chi connectivity index (χ3v) is 7.49. The second-order valence-electron chi connectivity index (χ2n) is 9.90. The van der Waals surface area contributed by atoms with Gasteiger partial charge < -0.3 is 19.9 Å². The molecule has 1 atom stereocenters. The Morgan fingerprint density at radius 3 is 2.24 bits per heavy atom. The van der Waals surface area contributed by atoms with Crippen molar-refractivity contribution < 1.29 is 35.5 Å². The zero-order valence-corrected chi connectivity index (χ0v) is 24.0. The van der Waals surface area contributed by atoms with Gasteiger partial charge in [0, 0.05) is 44.0 Å². The number of halogens is 4. The SMILES string of the molecule is COc1ccc(N2CCN(c3nc(C(F)(F)F)ccc3CNC(=O)C(C)c3ccc(NS(C)(=O)=O)c(F)c3)CC2)cc1. The minimum absolute atomic E-state index is 0.0987. The monoisotopic (exact) mass is 609 g/mol. The molecule has 2 aromatic carbocycles. The van der Waals surface area contributed by atoms with Crippen molar-refractivity contribution in [2.75, 3.05) is 54.1 Å². The van der Waals surface area contributed by atoms with E-state index in [1.165, 1.54) is 25.1 Å². The lowest BCUT2D eigenvalue weighted by Gasteiger charge is -2.37. The summed E-state index contributed by atoms with van der Waals surface area (Å²) in [6, 6.07) is 13.4. The first-order valence-corrected chi connectivity index (χ1v) is 14.9. The number of alkyl halides is 3. The average molecular weight is 610 g/mol. The van der Waals surface area contributed by atoms with Gasteiger partial charge in [0.1, 0.15) is 23.1 Å². The standard InChI is InChI=1S/C28H31F4N5O4S/c1-18(19-4-10-24(23(29)16-19)35-42(3,39)40)27(38)33-17-20-5-11-25(28(30,31)32)34-26(20)37-14-12-36(13-15-37)21-6-8-22(41-2)9-7-21/h4-11,16,18,35H,12-15,17H2,1-3H3,(H,33,38). The van der Waals surface area contributed by atoms with Crippen LogP contribution in [0, 0.1) is 5.82 Å². The zero-order valence-electron chi connectivity index (χ0n) is 23.2. The summed E-state index contributed by atoms with van der Waals surface area (Å²) in [6.07, 6.45) is -3.75. The van der Waals surface area contributed by atoms with Crippen LogP contribution < -0.4 is 24.6 Å². The number of hydrogen-bond donors (Lipinski definition) is 2. The van der Waals surface area contributed by atoms with E-state index in [1.807, 2.05) is 24.3 Å². The van der Waals surface area contributed by atoms with Gasteiger partial charge in [0.25, 0.3) is 0 Å². The molecule has 0 bridgehead atoms. The molecule has 1 aromatic heterocycles. The maximum atomic E-state index is 14.4. The number of amides is 1. The number of carbonyl (C=O) groups excluding carboxylic acids is 1. The predicted octanol–water partition coefficient (Wildman–Crippen LogP) is 4.37. The Morgan fingerprint density at radius 1 is 1.02 bits per heavy atom. The second-order valence-corrected chi connectivity index (χ2v) is 11.7. The fraction of sp³-hybridized carbons (Fsp3) is 0.357. The molecule has 1 unspecified atom stereocenters. The molecule has 14 heteroatoms. The summed E-state index contributed by atoms with van der Waals surface area (Å²) < 4.78 is 85.1. The van der Waals surface area contributed by atoms with Crippen molar-refractivity contribution in [3.63, 3.8) is 0 Å². The van der Waals surface area contributed by atoms with Crippen LogP contribution in [-0.4, -0.2) is 58.9 Å². The quantitative estimate of drug-likeness (QED) is 0.348. The largest absolute Gasteiger partial charge is 0.497 e. The highest BCUT2D eigenvalue weighted by molar-refractivity contribution is 7.92. The summed E-state index contributed by atoms with van der Waals surface area (Å²) in [7, 11) is -2.11. The number of aromatic nitrogens is 1. The molecule has 1 aliphatic rings. The van der Waals surface area contributed by atoms with Crippen LogP contribution in [0.1, 0.15) is 29.7 Å². The molecule has 1 aliphatic heterocycles. The summed E-state index contributed by atoms with van der Waals surface area (Å²) in [6.45, 7) is 3.35. The van der Waals surface area contributed by atoms with Gasteiger partial charge >= 0.3 is 6.18 Å². The van der Waals surface area contributed by atoms with Crippen LogP contribution in [0.3, 0.4) is 0 Å². The molecule has 42 heavy (non-hydrogen) atoms. The molecule has 1 fully saturated rings. The van der Waals surface area contributed by atoms with E-state index in [-0.39, 0.29) is 18.1 Å². The van der Waals surface area contributed by atoms with Gasteiger partial charge in [0.2, 0.25) is 15.9 Å². The lowest BCUT2D eigenvalue weighted by atomic mass is 9.99. The molecule has 0 aliphatic carbocycles. The van der Waals surface area contributed by atoms with Crippen LogP contribution in [0.5, 0.6) is 5.75 Å². The molecule has 9 nitrogen and oxygen atoms in total. The van der Waals surface area contributed by atoms with Crippen LogP contribution >= 0.6 is 0 Å². The van der Waals surface area contributed by atoms with Crippen LogP contribution in [-0.2, 0) is 27.5 Å². The fourth-order valence-electron chi connectivity index (χ4n) is 4.59. The Hall–Kier alpha value is -4.07. The van der Waals surface area contributed by atoms with Crippen molar-refractivity contribution in [1.82, 2.24) is 10.3 Å². The van der Waals surface area contributed by atoms with Crippen LogP contribution in [0.4, 0.5) is 34.8 Å². The molecule has 3 aromatic rings. The number of benzene rings is 2. The highest BCUT2D eigenvalue weighted by atomic mass is 32.2. The van der Waals surface area contributed by atoms with Crippen molar-refractivity contribution in [2.24, 2.45) is 0 Å². The smallest absolute Gasteiger partial charge is 0.433 e. The van der Waals surface area contributed by atoms with Gasteiger partial charge in [-0.3, -0.25) is 9.52 Å². The number of nitrogens with zero attached hydrogens (tertiary/aromatic N) is 3. The molecule has 226 valence electrons. The van der Waals surface area contributed by atoms with E-state index < -0.39 is 39.5 Å². The molecule has 0 radical (unpaired) electrons. The third-order valence-electron chi connectivity index (χ3n) is 6.90. The Labute approximate surface area is 241 Å². The Balaban J connectivity index is 1.47. The summed E-state index contributed by atoms with van der Waals surface area (Å²) in [5.41, 5.74) is 0.383. The first-order chi connectivity index (χ1) is 19.7. The molecular formula is C28H31F4N5O4S. The average Bonchev–Trinajstić information content (AvgIpc) is 2.95. The number of methoxy groups -OCH3 is 1. The first kappa shape index (κ1) is 30.9. The summed E-state index contributed by atoms with van der Waals surface area (Å²) in [4.78, 5) is 20.7. The third kappa shape index (κ3) is 7.60. The number of hydrogen-bond acceptors (Lipinski definition) is 7. The number of anilines is 3. The lowest BCUT2D eigenvalue weighted by Crippen LogP contribution is -2.47. The molecule has 4 rings (SSSR count). The molecule has 0 spiro atoms. The number of ether oxygens (including phenoxy) is 1. The highest BCUT2D eigenvalue weighted by Gasteiger charge is 2.34. The lowest BCUT2D eigenvalue weighted by molar-refractivity contribution is -0.141. The minimum atomic E-state index is -4.64. The number of rotatable bonds is 9. The van der Waals surface area contributed by atoms with Gasteiger partial charge in [-0.2, -0.15) is 13.2 Å². The van der Waals surface area contributed by atoms with Crippen molar-refractivity contribution in [1.29, 1.82) is 0 Å². The maximum absolute atomic E-state index is 14.4. The van der Waals surface area contributed by atoms with Gasteiger partial charge in [0.15, 0.2) is 0 Å². The van der Waals surface area contributed by atoms with E-state index in [4.69, 9.17) is 4.74 Å². The second kappa shape index (κ2) is 12.4. The number of nitrogens with one attached hydrogen (secondary N) is 2. The zero-order chi connectivity index (χ0) is 30.7. The van der Waals surface area contributed by atoms with E-state index in [2.05, 4.69) is 19.9 Å². The van der Waals surface area contributed by atoms with Crippen molar-refractivity contribution in [3.05, 3.63) is 77.2 Å². The van der Waals surface area contributed by atoms with E-state index >= 15 is 0 Å². The first-order valence-electron chi connectivity index (χ1n) is 13.0. The topological polar surface area (TPSA) is 104 Å². The van der Waals surface area contributed by atoms with Gasteiger partial charge in [0.05, 0.1) is 25.0 Å². The van der Waals surface area contributed by atoms with Crippen LogP contribution in [0.25, 0.3) is 0 Å². The Morgan fingerprint density at radius 2 is 1.67 bits per heavy atom. The van der Waals surface area contributed by atoms with E-state index in [9.17, 15) is 30.8 Å². The number of sulfonamides is 1. The minimum Gasteiger partial charge on any atom is -0.497 e. The normalized spacial score (nSPS) is 14.8. The Kier molecular flexibility index (Phi) is 9.14. The van der Waals surface area contributed by atoms with Gasteiger partial charge in [-0.15, -0.1) is 0 Å². The van der Waals surface area contributed by atoms with Crippen LogP contribution in [0.2, 0.25) is 0 Å². The summed E-state index contributed by atoms with van der Waals surface area (Å²) in [5.74, 6) is -1.31. The molecule has 2 N–H and O–H groups in total. The van der Waals surface area contributed by atoms with Gasteiger partial charge in [-0.05, 0) is 55.0 Å². The maximum Gasteiger partial charge on any atom is 0.433 e. The summed E-state index contributed by atoms with van der Waals surface area (Å²) in [5, 5.41) is 2.71. The molecule has 1 amide bonds. The number of carbonyl (C=O) groups is 1. The molecule has 1 saturated heterocycles. The fourth-order valence-corrected chi connectivity index (χ4v) is 5.15. The molecule has 0 saturated carbocycles. The Bertz CT molecular complexity index is 1530. The number of piperazine rings is 1.